The van der Waals surface area contributed by atoms with Crippen LogP contribution in [0.5, 0.6) is 11.5 Å². The summed E-state index contributed by atoms with van der Waals surface area (Å²) in [6.07, 6.45) is 0.480. The highest BCUT2D eigenvalue weighted by Crippen LogP contribution is 2.32. The number of halogens is 1. The largest absolute Gasteiger partial charge is 0.507 e. The molecule has 0 aromatic heterocycles. The summed E-state index contributed by atoms with van der Waals surface area (Å²) < 4.78 is 10.1. The molecule has 0 heterocycles. The van der Waals surface area contributed by atoms with Crippen LogP contribution < -0.4 is 4.74 Å². The minimum atomic E-state index is -0.477. The zero-order chi connectivity index (χ0) is 15.1. The third kappa shape index (κ3) is 3.96. The lowest BCUT2D eigenvalue weighted by atomic mass is 10.0. The van der Waals surface area contributed by atoms with Crippen molar-refractivity contribution in [3.05, 3.63) is 23.3 Å². The number of Topliss-reactive ketones (excluding diaryl/α,β-unsaturated/α-hetero) is 1. The molecule has 6 heteroatoms. The Balaban J connectivity index is 2.95. The van der Waals surface area contributed by atoms with Gasteiger partial charge in [-0.2, -0.15) is 0 Å². The Kier molecular flexibility index (Phi) is 6.51. The number of carbonyl (C=O) groups excluding carboxylic acids is 2. The molecule has 5 nitrogen and oxygen atoms in total. The van der Waals surface area contributed by atoms with E-state index in [1.165, 1.54) is 6.07 Å². The molecule has 0 unspecified atom stereocenters. The van der Waals surface area contributed by atoms with Gasteiger partial charge in [-0.25, -0.2) is 4.79 Å². The molecule has 0 spiro atoms. The van der Waals surface area contributed by atoms with Crippen molar-refractivity contribution in [1.29, 1.82) is 0 Å². The van der Waals surface area contributed by atoms with Crippen LogP contribution in [0.2, 0.25) is 0 Å². The number of ketones is 1. The number of carbonyl (C=O) groups is 2. The van der Waals surface area contributed by atoms with Gasteiger partial charge in [0, 0.05) is 5.56 Å². The number of phenols is 1. The molecule has 1 rings (SSSR count). The van der Waals surface area contributed by atoms with Gasteiger partial charge in [0.25, 0.3) is 0 Å². The average Bonchev–Trinajstić information content (AvgIpc) is 2.44. The Labute approximate surface area is 126 Å². The van der Waals surface area contributed by atoms with Crippen LogP contribution in [0.4, 0.5) is 0 Å². The van der Waals surface area contributed by atoms with E-state index in [0.29, 0.717) is 17.7 Å². The summed E-state index contributed by atoms with van der Waals surface area (Å²) in [5.74, 6) is -0.411. The van der Waals surface area contributed by atoms with E-state index >= 15 is 0 Å². The van der Waals surface area contributed by atoms with Gasteiger partial charge in [-0.3, -0.25) is 4.79 Å². The molecule has 1 N–H and O–H groups in total. The van der Waals surface area contributed by atoms with Gasteiger partial charge in [0.15, 0.2) is 12.4 Å². The number of hydrogen-bond donors (Lipinski definition) is 1. The molecular weight excluding hydrogens is 328 g/mol. The summed E-state index contributed by atoms with van der Waals surface area (Å²) in [5.41, 5.74) is 0.739. The van der Waals surface area contributed by atoms with E-state index in [1.54, 1.807) is 13.0 Å². The Morgan fingerprint density at radius 1 is 1.30 bits per heavy atom. The number of alkyl halides is 1. The third-order valence-corrected chi connectivity index (χ3v) is 3.18. The summed E-state index contributed by atoms with van der Waals surface area (Å²) in [6.45, 7) is 3.59. The Hall–Kier alpha value is -1.56. The predicted molar refractivity (Wildman–Crippen MR) is 77.7 cm³/mol. The molecule has 0 atom stereocenters. The number of aromatic hydroxyl groups is 1. The van der Waals surface area contributed by atoms with E-state index in [4.69, 9.17) is 9.47 Å². The van der Waals surface area contributed by atoms with Crippen LogP contribution in [0.1, 0.15) is 29.8 Å². The van der Waals surface area contributed by atoms with Crippen molar-refractivity contribution in [3.8, 4) is 11.5 Å². The Morgan fingerprint density at radius 3 is 2.55 bits per heavy atom. The lowest BCUT2D eigenvalue weighted by Crippen LogP contribution is -2.15. The summed E-state index contributed by atoms with van der Waals surface area (Å²) in [4.78, 5) is 22.9. The maximum Gasteiger partial charge on any atom is 0.344 e. The van der Waals surface area contributed by atoms with E-state index in [1.807, 2.05) is 6.92 Å². The maximum atomic E-state index is 11.6. The van der Waals surface area contributed by atoms with Gasteiger partial charge in [0.05, 0.1) is 17.5 Å². The first-order valence-electron chi connectivity index (χ1n) is 6.27. The molecule has 0 fully saturated rings. The van der Waals surface area contributed by atoms with E-state index in [2.05, 4.69) is 15.9 Å². The summed E-state index contributed by atoms with van der Waals surface area (Å²) >= 11 is 3.06. The second kappa shape index (κ2) is 7.89. The molecule has 0 saturated heterocycles. The predicted octanol–water partition coefficient (Wildman–Crippen LogP) is 2.47. The van der Waals surface area contributed by atoms with Crippen molar-refractivity contribution < 1.29 is 24.2 Å². The van der Waals surface area contributed by atoms with Crippen LogP contribution in [0.15, 0.2) is 12.1 Å². The Morgan fingerprint density at radius 2 is 2.00 bits per heavy atom. The number of benzene rings is 1. The van der Waals surface area contributed by atoms with Gasteiger partial charge < -0.3 is 14.6 Å². The monoisotopic (exact) mass is 344 g/mol. The Bertz CT molecular complexity index is 499. The van der Waals surface area contributed by atoms with Gasteiger partial charge >= 0.3 is 5.97 Å². The third-order valence-electron chi connectivity index (χ3n) is 2.67. The van der Waals surface area contributed by atoms with Crippen molar-refractivity contribution in [2.75, 3.05) is 18.5 Å². The fourth-order valence-corrected chi connectivity index (χ4v) is 2.03. The van der Waals surface area contributed by atoms with Crippen LogP contribution in [0.3, 0.4) is 0 Å². The van der Waals surface area contributed by atoms with Crippen LogP contribution in [0.25, 0.3) is 0 Å². The molecule has 1 aromatic carbocycles. The summed E-state index contributed by atoms with van der Waals surface area (Å²) in [7, 11) is 0. The highest BCUT2D eigenvalue weighted by molar-refractivity contribution is 9.09. The van der Waals surface area contributed by atoms with E-state index in [0.717, 1.165) is 0 Å². The lowest BCUT2D eigenvalue weighted by Gasteiger charge is -2.13. The minimum Gasteiger partial charge on any atom is -0.507 e. The number of rotatable bonds is 7. The number of hydrogen-bond acceptors (Lipinski definition) is 5. The topological polar surface area (TPSA) is 72.8 Å². The molecule has 0 saturated carbocycles. The SMILES string of the molecule is CCOC(=O)COc1ccc(C(=O)CBr)c(O)c1CC. The fourth-order valence-electron chi connectivity index (χ4n) is 1.73. The smallest absolute Gasteiger partial charge is 0.344 e. The molecular formula is C14H17BrO5. The number of ether oxygens (including phenoxy) is 2. The molecule has 1 aromatic rings. The van der Waals surface area contributed by atoms with Gasteiger partial charge in [-0.15, -0.1) is 0 Å². The van der Waals surface area contributed by atoms with Crippen LogP contribution >= 0.6 is 15.9 Å². The van der Waals surface area contributed by atoms with Gasteiger partial charge in [-0.1, -0.05) is 22.9 Å². The van der Waals surface area contributed by atoms with Gasteiger partial charge in [-0.05, 0) is 25.5 Å². The lowest BCUT2D eigenvalue weighted by molar-refractivity contribution is -0.145. The molecule has 20 heavy (non-hydrogen) atoms. The number of esters is 1. The van der Waals surface area contributed by atoms with Crippen LogP contribution in [-0.2, 0) is 16.0 Å². The zero-order valence-electron chi connectivity index (χ0n) is 11.4. The molecule has 0 aliphatic heterocycles. The zero-order valence-corrected chi connectivity index (χ0v) is 13.0. The van der Waals surface area contributed by atoms with Crippen molar-refractivity contribution >= 4 is 27.7 Å². The van der Waals surface area contributed by atoms with Crippen LogP contribution in [-0.4, -0.2) is 35.4 Å². The highest BCUT2D eigenvalue weighted by atomic mass is 79.9. The van der Waals surface area contributed by atoms with Gasteiger partial charge in [0.2, 0.25) is 0 Å². The highest BCUT2D eigenvalue weighted by Gasteiger charge is 2.17. The molecule has 0 bridgehead atoms. The van der Waals surface area contributed by atoms with Gasteiger partial charge in [0.1, 0.15) is 11.5 Å². The second-order valence-electron chi connectivity index (χ2n) is 3.94. The quantitative estimate of drug-likeness (QED) is 0.467. The van der Waals surface area contributed by atoms with E-state index in [-0.39, 0.29) is 35.6 Å². The second-order valence-corrected chi connectivity index (χ2v) is 4.50. The maximum absolute atomic E-state index is 11.6. The van der Waals surface area contributed by atoms with E-state index < -0.39 is 5.97 Å². The normalized spacial score (nSPS) is 10.2. The molecule has 0 aliphatic rings. The summed E-state index contributed by atoms with van der Waals surface area (Å²) in [6, 6.07) is 3.06. The molecule has 0 aliphatic carbocycles. The van der Waals surface area contributed by atoms with Crippen molar-refractivity contribution in [2.45, 2.75) is 20.3 Å². The average molecular weight is 345 g/mol. The molecule has 0 amide bonds. The summed E-state index contributed by atoms with van der Waals surface area (Å²) in [5, 5.41) is 10.2. The fraction of sp³-hybridized carbons (Fsp3) is 0.429. The van der Waals surface area contributed by atoms with Crippen LogP contribution in [0, 0.1) is 0 Å². The minimum absolute atomic E-state index is 0.0988. The standard InChI is InChI=1S/C14H17BrO5/c1-3-9-12(20-8-13(17)19-4-2)6-5-10(14(9)18)11(16)7-15/h5-6,18H,3-4,7-8H2,1-2H3. The molecule has 110 valence electrons. The first-order chi connectivity index (χ1) is 9.54. The molecule has 0 radical (unpaired) electrons. The number of phenolic OH excluding ortho intramolecular Hbond substituents is 1. The van der Waals surface area contributed by atoms with E-state index in [9.17, 15) is 14.7 Å². The van der Waals surface area contributed by atoms with Crippen molar-refractivity contribution in [2.24, 2.45) is 0 Å². The first-order valence-corrected chi connectivity index (χ1v) is 7.39. The van der Waals surface area contributed by atoms with Crippen molar-refractivity contribution in [3.63, 3.8) is 0 Å². The first kappa shape index (κ1) is 16.5. The van der Waals surface area contributed by atoms with Crippen molar-refractivity contribution in [1.82, 2.24) is 0 Å².